The number of nitrogens with zero attached hydrogens (tertiary/aromatic N) is 1. The van der Waals surface area contributed by atoms with Crippen LogP contribution in [0.1, 0.15) is 36.6 Å². The fraction of sp³-hybridized carbons (Fsp3) is 0.625. The first kappa shape index (κ1) is 15.4. The van der Waals surface area contributed by atoms with Crippen LogP contribution in [0.5, 0.6) is 0 Å². The van der Waals surface area contributed by atoms with Crippen LogP contribution in [0.3, 0.4) is 0 Å². The molecule has 1 aliphatic rings. The second kappa shape index (κ2) is 6.20. The van der Waals surface area contributed by atoms with E-state index in [1.807, 2.05) is 19.9 Å². The second-order valence-electron chi connectivity index (χ2n) is 6.00. The summed E-state index contributed by atoms with van der Waals surface area (Å²) < 4.78 is 20.0. The van der Waals surface area contributed by atoms with Crippen molar-refractivity contribution < 1.29 is 9.13 Å². The molecule has 1 saturated heterocycles. The lowest BCUT2D eigenvalue weighted by atomic mass is 9.94. The monoisotopic (exact) mass is 280 g/mol. The highest BCUT2D eigenvalue weighted by atomic mass is 19.1. The van der Waals surface area contributed by atoms with Crippen molar-refractivity contribution in [1.29, 1.82) is 0 Å². The van der Waals surface area contributed by atoms with Crippen molar-refractivity contribution in [3.8, 4) is 0 Å². The van der Waals surface area contributed by atoms with E-state index in [9.17, 15) is 4.39 Å². The van der Waals surface area contributed by atoms with Crippen LogP contribution in [-0.4, -0.2) is 36.7 Å². The Hall–Kier alpha value is -0.970. The Morgan fingerprint density at radius 3 is 2.65 bits per heavy atom. The van der Waals surface area contributed by atoms with E-state index in [2.05, 4.69) is 18.7 Å². The average Bonchev–Trinajstić information content (AvgIpc) is 2.37. The number of morpholine rings is 1. The van der Waals surface area contributed by atoms with Crippen LogP contribution in [-0.2, 0) is 4.74 Å². The van der Waals surface area contributed by atoms with Crippen LogP contribution in [0.15, 0.2) is 12.1 Å². The average molecular weight is 280 g/mol. The second-order valence-corrected chi connectivity index (χ2v) is 6.00. The van der Waals surface area contributed by atoms with Gasteiger partial charge >= 0.3 is 0 Å². The number of rotatable bonds is 3. The van der Waals surface area contributed by atoms with Crippen molar-refractivity contribution in [1.82, 2.24) is 4.90 Å². The highest BCUT2D eigenvalue weighted by Gasteiger charge is 2.30. The number of aryl methyl sites for hydroxylation is 2. The summed E-state index contributed by atoms with van der Waals surface area (Å²) >= 11 is 0. The fourth-order valence-corrected chi connectivity index (χ4v) is 2.92. The lowest BCUT2D eigenvalue weighted by molar-refractivity contribution is -0.0507. The lowest BCUT2D eigenvalue weighted by Crippen LogP contribution is -2.49. The Bertz CT molecular complexity index is 453. The first-order valence-electron chi connectivity index (χ1n) is 7.28. The van der Waals surface area contributed by atoms with Crippen LogP contribution < -0.4 is 5.73 Å². The largest absolute Gasteiger partial charge is 0.374 e. The molecule has 0 saturated carbocycles. The fourth-order valence-electron chi connectivity index (χ4n) is 2.92. The van der Waals surface area contributed by atoms with Gasteiger partial charge in [-0.15, -0.1) is 0 Å². The third-order valence-electron chi connectivity index (χ3n) is 4.07. The van der Waals surface area contributed by atoms with Gasteiger partial charge in [0.2, 0.25) is 0 Å². The predicted octanol–water partition coefficient (Wildman–Crippen LogP) is 2.55. The first-order valence-corrected chi connectivity index (χ1v) is 7.28. The Morgan fingerprint density at radius 1 is 1.35 bits per heavy atom. The first-order chi connectivity index (χ1) is 9.40. The lowest BCUT2D eigenvalue weighted by Gasteiger charge is -2.38. The standard InChI is InChI=1S/C16H25FN2O/c1-10(2)19-5-6-20-14(9-19)16(18)15-12(4)7-11(3)8-13(15)17/h7-8,10,14,16H,5-6,9,18H2,1-4H3. The summed E-state index contributed by atoms with van der Waals surface area (Å²) in [6.45, 7) is 10.4. The van der Waals surface area contributed by atoms with E-state index in [1.165, 1.54) is 0 Å². The Labute approximate surface area is 120 Å². The zero-order valence-electron chi connectivity index (χ0n) is 12.8. The molecule has 3 nitrogen and oxygen atoms in total. The topological polar surface area (TPSA) is 38.5 Å². The van der Waals surface area contributed by atoms with Crippen molar-refractivity contribution >= 4 is 0 Å². The van der Waals surface area contributed by atoms with E-state index in [1.54, 1.807) is 6.07 Å². The summed E-state index contributed by atoms with van der Waals surface area (Å²) in [5, 5.41) is 0. The molecule has 2 N–H and O–H groups in total. The van der Waals surface area contributed by atoms with Gasteiger partial charge in [0.15, 0.2) is 0 Å². The molecule has 2 atom stereocenters. The Balaban J connectivity index is 2.21. The quantitative estimate of drug-likeness (QED) is 0.925. The van der Waals surface area contributed by atoms with Gasteiger partial charge in [-0.2, -0.15) is 0 Å². The molecule has 1 aromatic carbocycles. The van der Waals surface area contributed by atoms with Crippen molar-refractivity contribution in [2.75, 3.05) is 19.7 Å². The van der Waals surface area contributed by atoms with Gasteiger partial charge in [0.25, 0.3) is 0 Å². The summed E-state index contributed by atoms with van der Waals surface area (Å²) in [7, 11) is 0. The molecular formula is C16H25FN2O. The summed E-state index contributed by atoms with van der Waals surface area (Å²) in [5.41, 5.74) is 8.70. The summed E-state index contributed by atoms with van der Waals surface area (Å²) in [5.74, 6) is -0.222. The van der Waals surface area contributed by atoms with Gasteiger partial charge in [-0.1, -0.05) is 6.07 Å². The summed E-state index contributed by atoms with van der Waals surface area (Å²) in [6.07, 6.45) is -0.151. The molecule has 0 amide bonds. The third kappa shape index (κ3) is 3.19. The molecule has 20 heavy (non-hydrogen) atoms. The number of hydrogen-bond acceptors (Lipinski definition) is 3. The number of benzene rings is 1. The van der Waals surface area contributed by atoms with Crippen molar-refractivity contribution in [2.45, 2.75) is 45.9 Å². The summed E-state index contributed by atoms with van der Waals surface area (Å²) in [4.78, 5) is 2.33. The molecule has 1 aliphatic heterocycles. The van der Waals surface area contributed by atoms with E-state index in [0.717, 1.165) is 24.2 Å². The number of nitrogens with two attached hydrogens (primary N) is 1. The van der Waals surface area contributed by atoms with Gasteiger partial charge in [0, 0.05) is 24.7 Å². The molecule has 4 heteroatoms. The maximum atomic E-state index is 14.2. The smallest absolute Gasteiger partial charge is 0.128 e. The number of hydrogen-bond donors (Lipinski definition) is 1. The van der Waals surface area contributed by atoms with E-state index in [4.69, 9.17) is 10.5 Å². The van der Waals surface area contributed by atoms with Gasteiger partial charge in [-0.3, -0.25) is 4.90 Å². The van der Waals surface area contributed by atoms with Crippen LogP contribution in [0, 0.1) is 19.7 Å². The molecule has 1 heterocycles. The maximum absolute atomic E-state index is 14.2. The van der Waals surface area contributed by atoms with E-state index < -0.39 is 6.04 Å². The predicted molar refractivity (Wildman–Crippen MR) is 79.3 cm³/mol. The van der Waals surface area contributed by atoms with Crippen LogP contribution >= 0.6 is 0 Å². The Kier molecular flexibility index (Phi) is 4.78. The maximum Gasteiger partial charge on any atom is 0.128 e. The molecule has 0 radical (unpaired) electrons. The van der Waals surface area contributed by atoms with Crippen molar-refractivity contribution in [3.63, 3.8) is 0 Å². The molecular weight excluding hydrogens is 255 g/mol. The van der Waals surface area contributed by atoms with Gasteiger partial charge < -0.3 is 10.5 Å². The minimum atomic E-state index is -0.419. The van der Waals surface area contributed by atoms with Gasteiger partial charge in [0.05, 0.1) is 18.8 Å². The van der Waals surface area contributed by atoms with Crippen molar-refractivity contribution in [3.05, 3.63) is 34.6 Å². The molecule has 1 fully saturated rings. The molecule has 0 aliphatic carbocycles. The molecule has 2 unspecified atom stereocenters. The van der Waals surface area contributed by atoms with E-state index >= 15 is 0 Å². The third-order valence-corrected chi connectivity index (χ3v) is 4.07. The summed E-state index contributed by atoms with van der Waals surface area (Å²) in [6, 6.07) is 3.56. The molecule has 112 valence electrons. The van der Waals surface area contributed by atoms with Crippen molar-refractivity contribution in [2.24, 2.45) is 5.73 Å². The van der Waals surface area contributed by atoms with E-state index in [-0.39, 0.29) is 11.9 Å². The minimum Gasteiger partial charge on any atom is -0.374 e. The minimum absolute atomic E-state index is 0.151. The van der Waals surface area contributed by atoms with Crippen LogP contribution in [0.4, 0.5) is 4.39 Å². The number of halogens is 1. The van der Waals surface area contributed by atoms with Gasteiger partial charge in [-0.05, 0) is 44.9 Å². The van der Waals surface area contributed by atoms with Gasteiger partial charge in [0.1, 0.15) is 5.82 Å². The molecule has 0 aromatic heterocycles. The normalized spacial score (nSPS) is 22.2. The highest BCUT2D eigenvalue weighted by molar-refractivity contribution is 5.35. The SMILES string of the molecule is Cc1cc(C)c(C(N)C2CN(C(C)C)CCO2)c(F)c1. The molecule has 0 spiro atoms. The van der Waals surface area contributed by atoms with Gasteiger partial charge in [-0.25, -0.2) is 4.39 Å². The highest BCUT2D eigenvalue weighted by Crippen LogP contribution is 2.27. The zero-order chi connectivity index (χ0) is 14.9. The molecule has 2 rings (SSSR count). The Morgan fingerprint density at radius 2 is 2.05 bits per heavy atom. The zero-order valence-corrected chi connectivity index (χ0v) is 12.8. The molecule has 1 aromatic rings. The molecule has 0 bridgehead atoms. The van der Waals surface area contributed by atoms with Crippen LogP contribution in [0.2, 0.25) is 0 Å². The van der Waals surface area contributed by atoms with E-state index in [0.29, 0.717) is 18.2 Å². The van der Waals surface area contributed by atoms with Crippen LogP contribution in [0.25, 0.3) is 0 Å². The number of ether oxygens (including phenoxy) is 1.